The Kier molecular flexibility index (Phi) is 3.84. The maximum Gasteiger partial charge on any atom is 0.307 e. The lowest BCUT2D eigenvalue weighted by atomic mass is 10.0. The van der Waals surface area contributed by atoms with Gasteiger partial charge in [-0.3, -0.25) is 4.79 Å². The lowest BCUT2D eigenvalue weighted by Gasteiger charge is -2.29. The van der Waals surface area contributed by atoms with Crippen molar-refractivity contribution in [1.82, 2.24) is 14.3 Å². The van der Waals surface area contributed by atoms with Gasteiger partial charge in [0.1, 0.15) is 10.5 Å². The van der Waals surface area contributed by atoms with E-state index in [-0.39, 0.29) is 16.5 Å². The zero-order valence-electron chi connectivity index (χ0n) is 11.5. The van der Waals surface area contributed by atoms with Gasteiger partial charge in [-0.15, -0.1) is 0 Å². The zero-order chi connectivity index (χ0) is 15.9. The molecule has 118 valence electrons. The van der Waals surface area contributed by atoms with Gasteiger partial charge in [0.2, 0.25) is 10.0 Å². The van der Waals surface area contributed by atoms with Crippen LogP contribution in [-0.2, 0) is 14.8 Å². The molecule has 0 aromatic carbocycles. The number of hydrogen-bond donors (Lipinski definition) is 2. The van der Waals surface area contributed by atoms with Crippen LogP contribution < -0.4 is 0 Å². The summed E-state index contributed by atoms with van der Waals surface area (Å²) in [5.74, 6) is -1.65. The molecule has 0 radical (unpaired) electrons. The summed E-state index contributed by atoms with van der Waals surface area (Å²) < 4.78 is 26.8. The number of rotatable bonds is 3. The van der Waals surface area contributed by atoms with Crippen LogP contribution in [0.4, 0.5) is 0 Å². The Morgan fingerprint density at radius 2 is 2.27 bits per heavy atom. The molecule has 1 saturated heterocycles. The van der Waals surface area contributed by atoms with E-state index in [9.17, 15) is 13.2 Å². The second-order valence-corrected chi connectivity index (χ2v) is 7.52. The van der Waals surface area contributed by atoms with E-state index in [4.69, 9.17) is 16.7 Å². The van der Waals surface area contributed by atoms with Crippen LogP contribution >= 0.6 is 11.6 Å². The SMILES string of the molecule is O=C(O)C1CCCN(S(=O)(=O)c2c[nH]c3nccc(Cl)c23)C1. The number of fused-ring (bicyclic) bond motifs is 1. The lowest BCUT2D eigenvalue weighted by Crippen LogP contribution is -2.42. The summed E-state index contributed by atoms with van der Waals surface area (Å²) in [6, 6.07) is 1.52. The Labute approximate surface area is 132 Å². The van der Waals surface area contributed by atoms with Crippen molar-refractivity contribution in [3.05, 3.63) is 23.5 Å². The second kappa shape index (κ2) is 5.53. The van der Waals surface area contributed by atoms with Gasteiger partial charge in [-0.05, 0) is 18.9 Å². The van der Waals surface area contributed by atoms with Gasteiger partial charge in [-0.25, -0.2) is 13.4 Å². The van der Waals surface area contributed by atoms with E-state index < -0.39 is 21.9 Å². The Bertz CT molecular complexity index is 833. The minimum Gasteiger partial charge on any atom is -0.481 e. The predicted octanol–water partition coefficient (Wildman–Crippen LogP) is 1.70. The third-order valence-electron chi connectivity index (χ3n) is 3.84. The minimum atomic E-state index is -3.82. The highest BCUT2D eigenvalue weighted by atomic mass is 35.5. The number of nitrogens with one attached hydrogen (secondary N) is 1. The monoisotopic (exact) mass is 343 g/mol. The summed E-state index contributed by atoms with van der Waals surface area (Å²) in [5.41, 5.74) is 0.387. The van der Waals surface area contributed by atoms with Gasteiger partial charge in [0.25, 0.3) is 0 Å². The van der Waals surface area contributed by atoms with Crippen molar-refractivity contribution in [2.45, 2.75) is 17.7 Å². The molecule has 2 aromatic heterocycles. The number of aromatic amines is 1. The van der Waals surface area contributed by atoms with Gasteiger partial charge in [0.15, 0.2) is 0 Å². The molecular weight excluding hydrogens is 330 g/mol. The van der Waals surface area contributed by atoms with E-state index in [1.165, 1.54) is 22.8 Å². The Morgan fingerprint density at radius 3 is 3.00 bits per heavy atom. The number of pyridine rings is 1. The average Bonchev–Trinajstić information content (AvgIpc) is 2.93. The van der Waals surface area contributed by atoms with Gasteiger partial charge in [0, 0.05) is 25.5 Å². The van der Waals surface area contributed by atoms with Crippen LogP contribution in [0.3, 0.4) is 0 Å². The Morgan fingerprint density at radius 1 is 1.50 bits per heavy atom. The number of piperidine rings is 1. The number of carbonyl (C=O) groups is 1. The van der Waals surface area contributed by atoms with Crippen LogP contribution in [0.25, 0.3) is 11.0 Å². The molecule has 1 atom stereocenters. The summed E-state index contributed by atoms with van der Waals surface area (Å²) in [6.45, 7) is 0.277. The van der Waals surface area contributed by atoms with Crippen LogP contribution in [0.1, 0.15) is 12.8 Å². The molecule has 0 bridgehead atoms. The van der Waals surface area contributed by atoms with Crippen LogP contribution in [0.15, 0.2) is 23.4 Å². The lowest BCUT2D eigenvalue weighted by molar-refractivity contribution is -0.142. The molecule has 1 aliphatic heterocycles. The number of halogens is 1. The first-order valence-corrected chi connectivity index (χ1v) is 8.57. The standard InChI is InChI=1S/C13H14ClN3O4S/c14-9-3-4-15-12-11(9)10(6-16-12)22(20,21)17-5-1-2-8(7-17)13(18)19/h3-4,6,8H,1-2,5,7H2,(H,15,16)(H,18,19). The molecule has 22 heavy (non-hydrogen) atoms. The van der Waals surface area contributed by atoms with E-state index in [0.717, 1.165) is 0 Å². The largest absolute Gasteiger partial charge is 0.481 e. The van der Waals surface area contributed by atoms with E-state index >= 15 is 0 Å². The number of aliphatic carboxylic acids is 1. The number of aromatic nitrogens is 2. The maximum atomic E-state index is 12.8. The summed E-state index contributed by atoms with van der Waals surface area (Å²) in [4.78, 5) is 18.0. The minimum absolute atomic E-state index is 0.0256. The zero-order valence-corrected chi connectivity index (χ0v) is 13.1. The average molecular weight is 344 g/mol. The van der Waals surface area contributed by atoms with Crippen molar-refractivity contribution < 1.29 is 18.3 Å². The highest BCUT2D eigenvalue weighted by Gasteiger charge is 2.35. The summed E-state index contributed by atoms with van der Waals surface area (Å²) >= 11 is 6.09. The van der Waals surface area contributed by atoms with Crippen LogP contribution in [0.5, 0.6) is 0 Å². The van der Waals surface area contributed by atoms with Crippen molar-refractivity contribution in [3.8, 4) is 0 Å². The fourth-order valence-corrected chi connectivity index (χ4v) is 4.69. The predicted molar refractivity (Wildman–Crippen MR) is 80.2 cm³/mol. The van der Waals surface area contributed by atoms with Crippen molar-refractivity contribution >= 4 is 38.6 Å². The number of H-pyrrole nitrogens is 1. The molecule has 2 aromatic rings. The first-order valence-electron chi connectivity index (χ1n) is 6.76. The molecule has 2 N–H and O–H groups in total. The topological polar surface area (TPSA) is 103 Å². The van der Waals surface area contributed by atoms with Gasteiger partial charge in [-0.1, -0.05) is 11.6 Å². The van der Waals surface area contributed by atoms with Crippen molar-refractivity contribution in [1.29, 1.82) is 0 Å². The van der Waals surface area contributed by atoms with E-state index in [1.807, 2.05) is 0 Å². The van der Waals surface area contributed by atoms with E-state index in [2.05, 4.69) is 9.97 Å². The molecule has 3 heterocycles. The molecule has 7 nitrogen and oxygen atoms in total. The number of nitrogens with zero attached hydrogens (tertiary/aromatic N) is 2. The molecule has 1 aliphatic rings. The van der Waals surface area contributed by atoms with Crippen molar-refractivity contribution in [2.24, 2.45) is 5.92 Å². The second-order valence-electron chi connectivity index (χ2n) is 5.21. The molecule has 0 aliphatic carbocycles. The molecule has 1 fully saturated rings. The van der Waals surface area contributed by atoms with Gasteiger partial charge in [0.05, 0.1) is 16.3 Å². The first kappa shape index (κ1) is 15.3. The van der Waals surface area contributed by atoms with E-state index in [1.54, 1.807) is 0 Å². The molecule has 0 spiro atoms. The Hall–Kier alpha value is -1.64. The molecule has 3 rings (SSSR count). The number of sulfonamides is 1. The third kappa shape index (κ3) is 2.47. The van der Waals surface area contributed by atoms with Gasteiger partial charge in [-0.2, -0.15) is 4.31 Å². The van der Waals surface area contributed by atoms with Crippen molar-refractivity contribution in [2.75, 3.05) is 13.1 Å². The van der Waals surface area contributed by atoms with E-state index in [0.29, 0.717) is 30.4 Å². The van der Waals surface area contributed by atoms with Crippen LogP contribution in [-0.4, -0.2) is 46.9 Å². The molecular formula is C13H14ClN3O4S. The number of carboxylic acids is 1. The summed E-state index contributed by atoms with van der Waals surface area (Å²) in [6.07, 6.45) is 3.84. The number of hydrogen-bond acceptors (Lipinski definition) is 4. The highest BCUT2D eigenvalue weighted by molar-refractivity contribution is 7.89. The van der Waals surface area contributed by atoms with Crippen LogP contribution in [0, 0.1) is 5.92 Å². The molecule has 0 amide bonds. The van der Waals surface area contributed by atoms with Crippen molar-refractivity contribution in [3.63, 3.8) is 0 Å². The first-order chi connectivity index (χ1) is 10.4. The number of carboxylic acid groups (broad SMARTS) is 1. The normalized spacial score (nSPS) is 20.3. The van der Waals surface area contributed by atoms with Gasteiger partial charge < -0.3 is 10.1 Å². The summed E-state index contributed by atoms with van der Waals surface area (Å²) in [7, 11) is -3.82. The Balaban J connectivity index is 2.03. The summed E-state index contributed by atoms with van der Waals surface area (Å²) in [5, 5.41) is 9.73. The quantitative estimate of drug-likeness (QED) is 0.882. The molecule has 9 heteroatoms. The third-order valence-corrected chi connectivity index (χ3v) is 6.04. The molecule has 0 saturated carbocycles. The fourth-order valence-electron chi connectivity index (χ4n) is 2.69. The van der Waals surface area contributed by atoms with Crippen LogP contribution in [0.2, 0.25) is 5.02 Å². The highest BCUT2D eigenvalue weighted by Crippen LogP contribution is 2.32. The van der Waals surface area contributed by atoms with Gasteiger partial charge >= 0.3 is 5.97 Å². The fraction of sp³-hybridized carbons (Fsp3) is 0.385. The maximum absolute atomic E-state index is 12.8. The molecule has 1 unspecified atom stereocenters. The smallest absolute Gasteiger partial charge is 0.307 e.